The Balaban J connectivity index is 1.20. The zero-order chi connectivity index (χ0) is 25.9. The van der Waals surface area contributed by atoms with Gasteiger partial charge in [0.2, 0.25) is 0 Å². The minimum atomic E-state index is -0.573. The number of carbonyl (C=O) groups excluding carboxylic acids is 2. The van der Waals surface area contributed by atoms with Gasteiger partial charge in [-0.15, -0.1) is 0 Å². The Morgan fingerprint density at radius 2 is 1.62 bits per heavy atom. The lowest BCUT2D eigenvalue weighted by Gasteiger charge is -2.25. The van der Waals surface area contributed by atoms with Gasteiger partial charge in [0, 0.05) is 38.3 Å². The summed E-state index contributed by atoms with van der Waals surface area (Å²) in [5.74, 6) is -0.258. The Morgan fingerprint density at radius 1 is 0.946 bits per heavy atom. The molecule has 37 heavy (non-hydrogen) atoms. The lowest BCUT2D eigenvalue weighted by Crippen LogP contribution is -2.35. The first-order valence-electron chi connectivity index (χ1n) is 12.8. The van der Waals surface area contributed by atoms with Crippen LogP contribution in [0.15, 0.2) is 72.8 Å². The van der Waals surface area contributed by atoms with Crippen molar-refractivity contribution in [2.24, 2.45) is 11.8 Å². The highest BCUT2D eigenvalue weighted by atomic mass is 35.5. The number of nitrogens with zero attached hydrogens (tertiary/aromatic N) is 2. The van der Waals surface area contributed by atoms with Gasteiger partial charge in [-0.05, 0) is 54.5 Å². The second-order valence-corrected chi connectivity index (χ2v) is 10.5. The molecule has 3 atom stereocenters. The monoisotopic (exact) mass is 519 g/mol. The van der Waals surface area contributed by atoms with Gasteiger partial charge in [-0.25, -0.2) is 4.39 Å². The van der Waals surface area contributed by atoms with E-state index >= 15 is 0 Å². The van der Waals surface area contributed by atoms with Crippen molar-refractivity contribution < 1.29 is 14.0 Å². The van der Waals surface area contributed by atoms with Crippen LogP contribution in [0, 0.1) is 24.6 Å². The lowest BCUT2D eigenvalue weighted by molar-refractivity contribution is 0.0769. The molecule has 5 nitrogen and oxygen atoms in total. The molecule has 2 aliphatic heterocycles. The molecule has 2 fully saturated rings. The molecule has 2 saturated heterocycles. The fourth-order valence-corrected chi connectivity index (χ4v) is 5.93. The van der Waals surface area contributed by atoms with Gasteiger partial charge in [0.05, 0.1) is 16.6 Å². The summed E-state index contributed by atoms with van der Waals surface area (Å²) in [5, 5.41) is 3.40. The van der Waals surface area contributed by atoms with Crippen molar-refractivity contribution in [3.05, 3.63) is 106 Å². The molecule has 5 rings (SSSR count). The molecule has 0 radical (unpaired) electrons. The predicted octanol–water partition coefficient (Wildman–Crippen LogP) is 5.35. The molecule has 0 aliphatic carbocycles. The van der Waals surface area contributed by atoms with Crippen molar-refractivity contribution in [1.29, 1.82) is 0 Å². The van der Waals surface area contributed by atoms with E-state index in [4.69, 9.17) is 11.6 Å². The van der Waals surface area contributed by atoms with Crippen LogP contribution in [0.25, 0.3) is 0 Å². The third-order valence-corrected chi connectivity index (χ3v) is 7.97. The van der Waals surface area contributed by atoms with Gasteiger partial charge in [0.1, 0.15) is 5.82 Å². The average Bonchev–Trinajstić information content (AvgIpc) is 3.46. The van der Waals surface area contributed by atoms with Crippen LogP contribution in [0.1, 0.15) is 44.3 Å². The van der Waals surface area contributed by atoms with E-state index in [0.29, 0.717) is 30.5 Å². The first-order valence-corrected chi connectivity index (χ1v) is 13.2. The molecule has 0 bridgehead atoms. The maximum atomic E-state index is 14.3. The Hall–Kier alpha value is -3.22. The van der Waals surface area contributed by atoms with Gasteiger partial charge in [-0.1, -0.05) is 66.2 Å². The third kappa shape index (κ3) is 5.55. The number of likely N-dealkylation sites (tertiary alicyclic amines) is 2. The minimum Gasteiger partial charge on any atom is -0.345 e. The average molecular weight is 520 g/mol. The van der Waals surface area contributed by atoms with Crippen molar-refractivity contribution >= 4 is 23.4 Å². The Bertz CT molecular complexity index is 1250. The fourth-order valence-electron chi connectivity index (χ4n) is 5.68. The first kappa shape index (κ1) is 25.4. The van der Waals surface area contributed by atoms with Crippen LogP contribution in [-0.4, -0.2) is 54.3 Å². The molecule has 3 unspecified atom stereocenters. The highest BCUT2D eigenvalue weighted by molar-refractivity contribution is 6.33. The molecule has 2 aliphatic rings. The summed E-state index contributed by atoms with van der Waals surface area (Å²) in [6.45, 7) is 5.77. The number of benzene rings is 3. The zero-order valence-corrected chi connectivity index (χ0v) is 21.6. The summed E-state index contributed by atoms with van der Waals surface area (Å²) in [4.78, 5) is 30.2. The van der Waals surface area contributed by atoms with Crippen LogP contribution < -0.4 is 5.32 Å². The number of nitrogens with one attached hydrogen (secondary N) is 1. The van der Waals surface area contributed by atoms with E-state index in [9.17, 15) is 14.0 Å². The summed E-state index contributed by atoms with van der Waals surface area (Å²) in [6.07, 6.45) is 0.786. The first-order chi connectivity index (χ1) is 17.9. The molecule has 192 valence electrons. The van der Waals surface area contributed by atoms with Gasteiger partial charge in [0.15, 0.2) is 0 Å². The molecule has 0 saturated carbocycles. The number of amides is 2. The number of aryl methyl sites for hydroxylation is 1. The van der Waals surface area contributed by atoms with E-state index in [2.05, 4.69) is 22.3 Å². The van der Waals surface area contributed by atoms with Crippen LogP contribution >= 0.6 is 11.6 Å². The van der Waals surface area contributed by atoms with E-state index in [1.165, 1.54) is 12.1 Å². The summed E-state index contributed by atoms with van der Waals surface area (Å²) >= 11 is 6.13. The molecule has 3 aromatic rings. The van der Waals surface area contributed by atoms with Gasteiger partial charge < -0.3 is 15.1 Å². The minimum absolute atomic E-state index is 0.0314. The van der Waals surface area contributed by atoms with E-state index in [1.54, 1.807) is 11.0 Å². The smallest absolute Gasteiger partial charge is 0.258 e. The molecule has 3 aromatic carbocycles. The van der Waals surface area contributed by atoms with Gasteiger partial charge in [-0.2, -0.15) is 0 Å². The maximum Gasteiger partial charge on any atom is 0.258 e. The molecule has 7 heteroatoms. The summed E-state index contributed by atoms with van der Waals surface area (Å²) in [6, 6.07) is 21.9. The normalized spacial score (nSPS) is 20.0. The second kappa shape index (κ2) is 11.0. The van der Waals surface area contributed by atoms with Crippen molar-refractivity contribution in [2.75, 3.05) is 32.7 Å². The summed E-state index contributed by atoms with van der Waals surface area (Å²) in [5.41, 5.74) is 2.70. The number of rotatable bonds is 7. The predicted molar refractivity (Wildman–Crippen MR) is 143 cm³/mol. The third-order valence-electron chi connectivity index (χ3n) is 7.66. The van der Waals surface area contributed by atoms with Crippen LogP contribution in [-0.2, 0) is 0 Å². The van der Waals surface area contributed by atoms with E-state index in [1.807, 2.05) is 49.4 Å². The van der Waals surface area contributed by atoms with Gasteiger partial charge in [0.25, 0.3) is 11.8 Å². The Kier molecular flexibility index (Phi) is 7.58. The highest BCUT2D eigenvalue weighted by Crippen LogP contribution is 2.34. The number of hydrogen-bond acceptors (Lipinski definition) is 3. The fraction of sp³-hybridized carbons (Fsp3) is 0.333. The van der Waals surface area contributed by atoms with Gasteiger partial charge in [-0.3, -0.25) is 9.59 Å². The highest BCUT2D eigenvalue weighted by Gasteiger charge is 2.42. The Morgan fingerprint density at radius 3 is 2.30 bits per heavy atom. The van der Waals surface area contributed by atoms with E-state index in [-0.39, 0.29) is 28.4 Å². The lowest BCUT2D eigenvalue weighted by atomic mass is 10.0. The van der Waals surface area contributed by atoms with Crippen molar-refractivity contribution in [1.82, 2.24) is 15.1 Å². The molecule has 0 spiro atoms. The molecular weight excluding hydrogens is 489 g/mol. The van der Waals surface area contributed by atoms with E-state index in [0.717, 1.165) is 37.2 Å². The maximum absolute atomic E-state index is 14.3. The second-order valence-electron chi connectivity index (χ2n) is 10.1. The number of hydrogen-bond donors (Lipinski definition) is 1. The summed E-state index contributed by atoms with van der Waals surface area (Å²) in [7, 11) is 0. The van der Waals surface area contributed by atoms with Crippen molar-refractivity contribution in [3.63, 3.8) is 0 Å². The van der Waals surface area contributed by atoms with Crippen LogP contribution in [0.2, 0.25) is 5.02 Å². The standard InChI is InChI=1S/C30H31ClFN3O2/c1-20-8-5-6-11-24(20)29(36)33-27(21-9-3-2-4-10-21)14-15-34-16-22-18-35(19-23(22)17-34)30(37)28-25(31)12-7-13-26(28)32/h2-13,22-23,27H,14-19H2,1H3,(H,33,36). The van der Waals surface area contributed by atoms with Crippen LogP contribution in [0.5, 0.6) is 0 Å². The summed E-state index contributed by atoms with van der Waals surface area (Å²) < 4.78 is 14.3. The van der Waals surface area contributed by atoms with Crippen LogP contribution in [0.4, 0.5) is 4.39 Å². The molecule has 2 amide bonds. The molecule has 1 N–H and O–H groups in total. The SMILES string of the molecule is Cc1ccccc1C(=O)NC(CCN1CC2CN(C(=O)c3c(F)cccc3Cl)CC2C1)c1ccccc1. The van der Waals surface area contributed by atoms with E-state index < -0.39 is 5.82 Å². The molecule has 0 aromatic heterocycles. The molecular formula is C30H31ClFN3O2. The quantitative estimate of drug-likeness (QED) is 0.457. The number of fused-ring (bicyclic) bond motifs is 1. The largest absolute Gasteiger partial charge is 0.345 e. The number of halogens is 2. The van der Waals surface area contributed by atoms with Gasteiger partial charge >= 0.3 is 0 Å². The number of carbonyl (C=O) groups is 2. The van der Waals surface area contributed by atoms with Crippen molar-refractivity contribution in [3.8, 4) is 0 Å². The molecule has 2 heterocycles. The van der Waals surface area contributed by atoms with Crippen molar-refractivity contribution in [2.45, 2.75) is 19.4 Å². The Labute approximate surface area is 222 Å². The topological polar surface area (TPSA) is 52.7 Å². The van der Waals surface area contributed by atoms with Crippen LogP contribution in [0.3, 0.4) is 0 Å². The zero-order valence-electron chi connectivity index (χ0n) is 20.9.